The summed E-state index contributed by atoms with van der Waals surface area (Å²) in [6.07, 6.45) is 0.607. The lowest BCUT2D eigenvalue weighted by Gasteiger charge is -2.15. The van der Waals surface area contributed by atoms with Crippen molar-refractivity contribution in [3.05, 3.63) is 52.8 Å². The standard InChI is InChI=1S/C18H25N3O2/c1-12(9-17-13(2)20-21-14(17)3)18(23)19-11-16(22)10-15-7-5-4-6-8-15/h4-8,12,16,22H,9-11H2,1-3H3,(H,19,23)(H,20,21)/t12-,16+/m1/s1. The average Bonchev–Trinajstić information content (AvgIpc) is 2.85. The molecular formula is C18H25N3O2. The van der Waals surface area contributed by atoms with E-state index in [9.17, 15) is 9.90 Å². The third kappa shape index (κ3) is 4.93. The number of aryl methyl sites for hydroxylation is 2. The molecule has 1 aromatic heterocycles. The van der Waals surface area contributed by atoms with Gasteiger partial charge >= 0.3 is 0 Å². The molecule has 5 nitrogen and oxygen atoms in total. The molecule has 2 aromatic rings. The number of benzene rings is 1. The number of nitrogens with one attached hydrogen (secondary N) is 2. The summed E-state index contributed by atoms with van der Waals surface area (Å²) in [5, 5.41) is 20.0. The molecule has 0 saturated heterocycles. The summed E-state index contributed by atoms with van der Waals surface area (Å²) in [6, 6.07) is 9.77. The van der Waals surface area contributed by atoms with Gasteiger partial charge in [0.15, 0.2) is 0 Å². The van der Waals surface area contributed by atoms with E-state index in [2.05, 4.69) is 15.5 Å². The predicted molar refractivity (Wildman–Crippen MR) is 90.1 cm³/mol. The molecule has 0 aliphatic heterocycles. The van der Waals surface area contributed by atoms with Gasteiger partial charge in [0.2, 0.25) is 5.91 Å². The third-order valence-corrected chi connectivity index (χ3v) is 4.06. The van der Waals surface area contributed by atoms with Crippen LogP contribution in [0.3, 0.4) is 0 Å². The second-order valence-electron chi connectivity index (χ2n) is 6.11. The number of aromatic amines is 1. The fourth-order valence-corrected chi connectivity index (χ4v) is 2.62. The Morgan fingerprint density at radius 2 is 1.96 bits per heavy atom. The van der Waals surface area contributed by atoms with E-state index in [-0.39, 0.29) is 18.4 Å². The Hall–Kier alpha value is -2.14. The molecule has 2 atom stereocenters. The van der Waals surface area contributed by atoms with Crippen molar-refractivity contribution in [3.8, 4) is 0 Å². The van der Waals surface area contributed by atoms with Crippen molar-refractivity contribution in [2.45, 2.75) is 39.7 Å². The molecule has 2 rings (SSSR count). The van der Waals surface area contributed by atoms with Gasteiger partial charge in [0.1, 0.15) is 0 Å². The zero-order valence-electron chi connectivity index (χ0n) is 14.0. The first kappa shape index (κ1) is 17.2. The molecule has 1 amide bonds. The fourth-order valence-electron chi connectivity index (χ4n) is 2.62. The summed E-state index contributed by atoms with van der Waals surface area (Å²) in [7, 11) is 0. The van der Waals surface area contributed by atoms with Crippen LogP contribution < -0.4 is 5.32 Å². The van der Waals surface area contributed by atoms with E-state index in [0.29, 0.717) is 12.8 Å². The Morgan fingerprint density at radius 1 is 1.26 bits per heavy atom. The summed E-state index contributed by atoms with van der Waals surface area (Å²) in [4.78, 5) is 12.2. The lowest BCUT2D eigenvalue weighted by Crippen LogP contribution is -2.37. The van der Waals surface area contributed by atoms with E-state index >= 15 is 0 Å². The van der Waals surface area contributed by atoms with E-state index in [1.807, 2.05) is 51.1 Å². The molecule has 0 aliphatic carbocycles. The van der Waals surface area contributed by atoms with Crippen molar-refractivity contribution in [2.75, 3.05) is 6.54 Å². The molecule has 3 N–H and O–H groups in total. The lowest BCUT2D eigenvalue weighted by atomic mass is 9.99. The summed E-state index contributed by atoms with van der Waals surface area (Å²) < 4.78 is 0. The van der Waals surface area contributed by atoms with Crippen molar-refractivity contribution in [2.24, 2.45) is 5.92 Å². The molecule has 5 heteroatoms. The van der Waals surface area contributed by atoms with Gasteiger partial charge in [-0.1, -0.05) is 37.3 Å². The maximum Gasteiger partial charge on any atom is 0.223 e. The summed E-state index contributed by atoms with van der Waals surface area (Å²) in [5.41, 5.74) is 4.10. The summed E-state index contributed by atoms with van der Waals surface area (Å²) in [5.74, 6) is -0.203. The molecule has 0 aliphatic rings. The first-order chi connectivity index (χ1) is 11.0. The van der Waals surface area contributed by atoms with Crippen molar-refractivity contribution >= 4 is 5.91 Å². The van der Waals surface area contributed by atoms with Gasteiger partial charge in [-0.05, 0) is 31.4 Å². The van der Waals surface area contributed by atoms with Crippen molar-refractivity contribution in [3.63, 3.8) is 0 Å². The highest BCUT2D eigenvalue weighted by Crippen LogP contribution is 2.15. The number of nitrogens with zero attached hydrogens (tertiary/aromatic N) is 1. The Labute approximate surface area is 137 Å². The molecule has 0 fully saturated rings. The number of hydrogen-bond donors (Lipinski definition) is 3. The molecule has 23 heavy (non-hydrogen) atoms. The zero-order valence-corrected chi connectivity index (χ0v) is 14.0. The van der Waals surface area contributed by atoms with Gasteiger partial charge in [0, 0.05) is 24.6 Å². The van der Waals surface area contributed by atoms with Gasteiger partial charge in [0.05, 0.1) is 11.8 Å². The van der Waals surface area contributed by atoms with E-state index in [4.69, 9.17) is 0 Å². The van der Waals surface area contributed by atoms with Gasteiger partial charge in [0.25, 0.3) is 0 Å². The number of carbonyl (C=O) groups excluding carboxylic acids is 1. The Morgan fingerprint density at radius 3 is 2.57 bits per heavy atom. The van der Waals surface area contributed by atoms with Crippen LogP contribution in [0.2, 0.25) is 0 Å². The Balaban J connectivity index is 1.80. The number of rotatable bonds is 7. The smallest absolute Gasteiger partial charge is 0.223 e. The van der Waals surface area contributed by atoms with E-state index in [1.54, 1.807) is 0 Å². The van der Waals surface area contributed by atoms with Gasteiger partial charge in [-0.3, -0.25) is 9.89 Å². The van der Waals surface area contributed by atoms with Gasteiger partial charge in [-0.2, -0.15) is 5.10 Å². The van der Waals surface area contributed by atoms with Crippen LogP contribution in [-0.2, 0) is 17.6 Å². The molecule has 0 spiro atoms. The molecule has 0 radical (unpaired) electrons. The zero-order chi connectivity index (χ0) is 16.8. The van der Waals surface area contributed by atoms with E-state index in [0.717, 1.165) is 22.5 Å². The minimum Gasteiger partial charge on any atom is -0.391 e. The highest BCUT2D eigenvalue weighted by atomic mass is 16.3. The van der Waals surface area contributed by atoms with Crippen LogP contribution in [0.25, 0.3) is 0 Å². The minimum atomic E-state index is -0.578. The number of H-pyrrole nitrogens is 1. The fraction of sp³-hybridized carbons (Fsp3) is 0.444. The molecular weight excluding hydrogens is 290 g/mol. The van der Waals surface area contributed by atoms with Crippen molar-refractivity contribution in [1.82, 2.24) is 15.5 Å². The molecule has 124 valence electrons. The summed E-state index contributed by atoms with van der Waals surface area (Å²) in [6.45, 7) is 6.06. The van der Waals surface area contributed by atoms with Crippen LogP contribution in [0.15, 0.2) is 30.3 Å². The number of aliphatic hydroxyl groups is 1. The molecule has 1 aromatic carbocycles. The van der Waals surface area contributed by atoms with E-state index in [1.165, 1.54) is 0 Å². The molecule has 0 unspecified atom stereocenters. The maximum absolute atomic E-state index is 12.2. The average molecular weight is 315 g/mol. The Kier molecular flexibility index (Phi) is 5.93. The SMILES string of the molecule is Cc1n[nH]c(C)c1C[C@@H](C)C(=O)NC[C@@H](O)Cc1ccccc1. The summed E-state index contributed by atoms with van der Waals surface area (Å²) >= 11 is 0. The van der Waals surface area contributed by atoms with Crippen molar-refractivity contribution in [1.29, 1.82) is 0 Å². The minimum absolute atomic E-state index is 0.0443. The largest absolute Gasteiger partial charge is 0.391 e. The first-order valence-electron chi connectivity index (χ1n) is 7.97. The molecule has 0 bridgehead atoms. The van der Waals surface area contributed by atoms with Crippen LogP contribution in [0, 0.1) is 19.8 Å². The van der Waals surface area contributed by atoms with Crippen LogP contribution in [0.5, 0.6) is 0 Å². The second-order valence-corrected chi connectivity index (χ2v) is 6.11. The maximum atomic E-state index is 12.2. The van der Waals surface area contributed by atoms with Crippen LogP contribution in [-0.4, -0.2) is 33.9 Å². The number of aromatic nitrogens is 2. The molecule has 1 heterocycles. The second kappa shape index (κ2) is 7.92. The van der Waals surface area contributed by atoms with Crippen LogP contribution in [0.1, 0.15) is 29.4 Å². The third-order valence-electron chi connectivity index (χ3n) is 4.06. The van der Waals surface area contributed by atoms with Crippen molar-refractivity contribution < 1.29 is 9.90 Å². The van der Waals surface area contributed by atoms with Gasteiger partial charge < -0.3 is 10.4 Å². The predicted octanol–water partition coefficient (Wildman–Crippen LogP) is 1.92. The quantitative estimate of drug-likeness (QED) is 0.730. The monoisotopic (exact) mass is 315 g/mol. The highest BCUT2D eigenvalue weighted by Gasteiger charge is 2.18. The van der Waals surface area contributed by atoms with E-state index < -0.39 is 6.10 Å². The van der Waals surface area contributed by atoms with Crippen LogP contribution in [0.4, 0.5) is 0 Å². The number of amides is 1. The number of aliphatic hydroxyl groups excluding tert-OH is 1. The Bertz CT molecular complexity index is 617. The first-order valence-corrected chi connectivity index (χ1v) is 7.97. The number of carbonyl (C=O) groups is 1. The van der Waals surface area contributed by atoms with Crippen LogP contribution >= 0.6 is 0 Å². The van der Waals surface area contributed by atoms with Gasteiger partial charge in [-0.25, -0.2) is 0 Å². The lowest BCUT2D eigenvalue weighted by molar-refractivity contribution is -0.124. The van der Waals surface area contributed by atoms with Gasteiger partial charge in [-0.15, -0.1) is 0 Å². The topological polar surface area (TPSA) is 78.0 Å². The molecule has 0 saturated carbocycles. The normalized spacial score (nSPS) is 13.6. The highest BCUT2D eigenvalue weighted by molar-refractivity contribution is 5.78. The number of hydrogen-bond acceptors (Lipinski definition) is 3.